The first-order chi connectivity index (χ1) is 12.6. The molecule has 1 heterocycles. The summed E-state index contributed by atoms with van der Waals surface area (Å²) in [6.07, 6.45) is -0.495. The van der Waals surface area contributed by atoms with Gasteiger partial charge in [0.05, 0.1) is 12.2 Å². The lowest BCUT2D eigenvalue weighted by Crippen LogP contribution is -2.49. The van der Waals surface area contributed by atoms with Gasteiger partial charge < -0.3 is 15.2 Å². The van der Waals surface area contributed by atoms with Gasteiger partial charge in [0.15, 0.2) is 0 Å². The molecule has 1 fully saturated rings. The first kappa shape index (κ1) is 18.1. The summed E-state index contributed by atoms with van der Waals surface area (Å²) in [5, 5.41) is 11.8. The van der Waals surface area contributed by atoms with Crippen molar-refractivity contribution in [1.82, 2.24) is 10.2 Å². The highest BCUT2D eigenvalue weighted by Crippen LogP contribution is 2.11. The minimum atomic E-state index is -0.963. The lowest BCUT2D eigenvalue weighted by atomic mass is 10.1. The zero-order chi connectivity index (χ0) is 18.4. The van der Waals surface area contributed by atoms with Crippen molar-refractivity contribution in [2.24, 2.45) is 0 Å². The molecule has 3 rings (SSSR count). The maximum atomic E-state index is 12.4. The van der Waals surface area contributed by atoms with E-state index in [0.29, 0.717) is 19.7 Å². The van der Waals surface area contributed by atoms with E-state index in [-0.39, 0.29) is 11.5 Å². The van der Waals surface area contributed by atoms with Crippen LogP contribution < -0.4 is 5.32 Å². The number of hydrogen-bond donors (Lipinski definition) is 2. The van der Waals surface area contributed by atoms with E-state index in [1.165, 1.54) is 17.7 Å². The average molecular weight is 354 g/mol. The molecule has 0 saturated carbocycles. The number of amides is 1. The zero-order valence-corrected chi connectivity index (χ0v) is 14.4. The zero-order valence-electron chi connectivity index (χ0n) is 14.4. The van der Waals surface area contributed by atoms with Crippen LogP contribution in [0.25, 0.3) is 0 Å². The van der Waals surface area contributed by atoms with Gasteiger partial charge in [-0.15, -0.1) is 0 Å². The fourth-order valence-corrected chi connectivity index (χ4v) is 2.91. The van der Waals surface area contributed by atoms with Crippen molar-refractivity contribution >= 4 is 11.9 Å². The number of morpholine rings is 1. The van der Waals surface area contributed by atoms with E-state index in [1.54, 1.807) is 12.1 Å². The maximum absolute atomic E-state index is 12.4. The molecule has 0 spiro atoms. The Labute approximate surface area is 152 Å². The smallest absolute Gasteiger partial charge is 0.335 e. The number of carboxylic acids is 1. The number of carbonyl (C=O) groups is 2. The Morgan fingerprint density at radius 3 is 2.50 bits per heavy atom. The third-order valence-corrected chi connectivity index (χ3v) is 4.36. The van der Waals surface area contributed by atoms with Crippen molar-refractivity contribution in [2.45, 2.75) is 19.2 Å². The lowest BCUT2D eigenvalue weighted by Gasteiger charge is -2.32. The fraction of sp³-hybridized carbons (Fsp3) is 0.300. The SMILES string of the molecule is O=C(O)c1ccc(CNC(=O)[C@@H]2CN(Cc3ccccc3)CCO2)cc1. The molecule has 0 aliphatic carbocycles. The van der Waals surface area contributed by atoms with Crippen LogP contribution in [0.1, 0.15) is 21.5 Å². The molecule has 6 heteroatoms. The number of nitrogens with zero attached hydrogens (tertiary/aromatic N) is 1. The first-order valence-electron chi connectivity index (χ1n) is 8.59. The molecule has 1 aliphatic heterocycles. The van der Waals surface area contributed by atoms with Gasteiger partial charge in [0, 0.05) is 26.2 Å². The van der Waals surface area contributed by atoms with Crippen LogP contribution in [0.3, 0.4) is 0 Å². The van der Waals surface area contributed by atoms with E-state index in [1.807, 2.05) is 18.2 Å². The molecule has 1 atom stereocenters. The van der Waals surface area contributed by atoms with Gasteiger partial charge in [-0.25, -0.2) is 4.79 Å². The molecular weight excluding hydrogens is 332 g/mol. The van der Waals surface area contributed by atoms with E-state index < -0.39 is 12.1 Å². The monoisotopic (exact) mass is 354 g/mol. The molecule has 0 aromatic heterocycles. The van der Waals surface area contributed by atoms with Gasteiger partial charge in [0.25, 0.3) is 5.91 Å². The third kappa shape index (κ3) is 4.91. The second-order valence-electron chi connectivity index (χ2n) is 6.30. The van der Waals surface area contributed by atoms with Crippen molar-refractivity contribution in [3.63, 3.8) is 0 Å². The topological polar surface area (TPSA) is 78.9 Å². The lowest BCUT2D eigenvalue weighted by molar-refractivity contribution is -0.139. The van der Waals surface area contributed by atoms with Crippen molar-refractivity contribution in [1.29, 1.82) is 0 Å². The number of benzene rings is 2. The Balaban J connectivity index is 1.50. The molecule has 1 saturated heterocycles. The summed E-state index contributed by atoms with van der Waals surface area (Å²) < 4.78 is 5.62. The van der Waals surface area contributed by atoms with Crippen LogP contribution in [-0.4, -0.2) is 47.7 Å². The Hall–Kier alpha value is -2.70. The summed E-state index contributed by atoms with van der Waals surface area (Å²) >= 11 is 0. The largest absolute Gasteiger partial charge is 0.478 e. The van der Waals surface area contributed by atoms with Crippen molar-refractivity contribution < 1.29 is 19.4 Å². The quantitative estimate of drug-likeness (QED) is 0.828. The molecule has 0 bridgehead atoms. The minimum absolute atomic E-state index is 0.148. The summed E-state index contributed by atoms with van der Waals surface area (Å²) in [7, 11) is 0. The Kier molecular flexibility index (Phi) is 5.99. The number of carboxylic acid groups (broad SMARTS) is 1. The normalized spacial score (nSPS) is 17.6. The van der Waals surface area contributed by atoms with E-state index in [2.05, 4.69) is 22.3 Å². The van der Waals surface area contributed by atoms with Gasteiger partial charge >= 0.3 is 5.97 Å². The molecule has 2 aromatic carbocycles. The minimum Gasteiger partial charge on any atom is -0.478 e. The second-order valence-corrected chi connectivity index (χ2v) is 6.30. The standard InChI is InChI=1S/C20H22N2O4/c23-19(21-12-15-6-8-17(9-7-15)20(24)25)18-14-22(10-11-26-18)13-16-4-2-1-3-5-16/h1-9,18H,10-14H2,(H,21,23)(H,24,25)/t18-/m0/s1. The van der Waals surface area contributed by atoms with E-state index in [0.717, 1.165) is 18.7 Å². The van der Waals surface area contributed by atoms with E-state index in [9.17, 15) is 9.59 Å². The predicted octanol–water partition coefficient (Wildman–Crippen LogP) is 1.90. The summed E-state index contributed by atoms with van der Waals surface area (Å²) in [6.45, 7) is 3.02. The van der Waals surface area contributed by atoms with Crippen molar-refractivity contribution in [2.75, 3.05) is 19.7 Å². The molecule has 1 amide bonds. The third-order valence-electron chi connectivity index (χ3n) is 4.36. The molecule has 0 radical (unpaired) electrons. The highest BCUT2D eigenvalue weighted by atomic mass is 16.5. The molecule has 0 unspecified atom stereocenters. The molecule has 26 heavy (non-hydrogen) atoms. The van der Waals surface area contributed by atoms with E-state index in [4.69, 9.17) is 9.84 Å². The van der Waals surface area contributed by atoms with Crippen LogP contribution in [-0.2, 0) is 22.6 Å². The predicted molar refractivity (Wildman–Crippen MR) is 96.7 cm³/mol. The second kappa shape index (κ2) is 8.60. The van der Waals surface area contributed by atoms with Gasteiger partial charge in [-0.3, -0.25) is 9.69 Å². The van der Waals surface area contributed by atoms with Crippen LogP contribution >= 0.6 is 0 Å². The maximum Gasteiger partial charge on any atom is 0.335 e. The number of carbonyl (C=O) groups excluding carboxylic acids is 1. The number of nitrogens with one attached hydrogen (secondary N) is 1. The van der Waals surface area contributed by atoms with Crippen LogP contribution in [0.5, 0.6) is 0 Å². The highest BCUT2D eigenvalue weighted by Gasteiger charge is 2.26. The number of ether oxygens (including phenoxy) is 1. The highest BCUT2D eigenvalue weighted by molar-refractivity contribution is 5.87. The molecule has 2 N–H and O–H groups in total. The summed E-state index contributed by atoms with van der Waals surface area (Å²) in [4.78, 5) is 25.5. The van der Waals surface area contributed by atoms with E-state index >= 15 is 0 Å². The summed E-state index contributed by atoms with van der Waals surface area (Å²) in [5.41, 5.74) is 2.29. The summed E-state index contributed by atoms with van der Waals surface area (Å²) in [5.74, 6) is -1.11. The molecule has 136 valence electrons. The van der Waals surface area contributed by atoms with Crippen molar-refractivity contribution in [3.8, 4) is 0 Å². The van der Waals surface area contributed by atoms with Crippen LogP contribution in [0, 0.1) is 0 Å². The van der Waals surface area contributed by atoms with Gasteiger partial charge in [0.2, 0.25) is 0 Å². The average Bonchev–Trinajstić information content (AvgIpc) is 2.67. The van der Waals surface area contributed by atoms with Gasteiger partial charge in [-0.1, -0.05) is 42.5 Å². The van der Waals surface area contributed by atoms with Crippen LogP contribution in [0.2, 0.25) is 0 Å². The molecule has 1 aliphatic rings. The Bertz CT molecular complexity index is 746. The summed E-state index contributed by atoms with van der Waals surface area (Å²) in [6, 6.07) is 16.6. The molecule has 6 nitrogen and oxygen atoms in total. The van der Waals surface area contributed by atoms with Crippen molar-refractivity contribution in [3.05, 3.63) is 71.3 Å². The number of aromatic carboxylic acids is 1. The fourth-order valence-electron chi connectivity index (χ4n) is 2.91. The molecular formula is C20H22N2O4. The van der Waals surface area contributed by atoms with Crippen LogP contribution in [0.15, 0.2) is 54.6 Å². The van der Waals surface area contributed by atoms with Crippen LogP contribution in [0.4, 0.5) is 0 Å². The number of hydrogen-bond acceptors (Lipinski definition) is 4. The van der Waals surface area contributed by atoms with Gasteiger partial charge in [-0.2, -0.15) is 0 Å². The Morgan fingerprint density at radius 2 is 1.81 bits per heavy atom. The first-order valence-corrected chi connectivity index (χ1v) is 8.59. The van der Waals surface area contributed by atoms with Gasteiger partial charge in [-0.05, 0) is 23.3 Å². The number of rotatable bonds is 6. The Morgan fingerprint density at radius 1 is 1.08 bits per heavy atom. The molecule has 2 aromatic rings. The van der Waals surface area contributed by atoms with Gasteiger partial charge in [0.1, 0.15) is 6.10 Å².